The van der Waals surface area contributed by atoms with Gasteiger partial charge in [-0.25, -0.2) is 4.79 Å². The summed E-state index contributed by atoms with van der Waals surface area (Å²) in [7, 11) is 0. The number of carbonyl (C=O) groups is 1. The zero-order valence-corrected chi connectivity index (χ0v) is 22.4. The van der Waals surface area contributed by atoms with Gasteiger partial charge < -0.3 is 10.1 Å². The predicted molar refractivity (Wildman–Crippen MR) is 137 cm³/mol. The van der Waals surface area contributed by atoms with Gasteiger partial charge in [-0.2, -0.15) is 0 Å². The first-order valence-corrected chi connectivity index (χ1v) is 14.3. The molecule has 4 unspecified atom stereocenters. The van der Waals surface area contributed by atoms with E-state index in [1.165, 1.54) is 57.8 Å². The van der Waals surface area contributed by atoms with Crippen molar-refractivity contribution in [2.75, 3.05) is 6.54 Å². The molecule has 0 saturated heterocycles. The topological polar surface area (TPSA) is 38.3 Å². The summed E-state index contributed by atoms with van der Waals surface area (Å²) in [6, 6.07) is 0. The summed E-state index contributed by atoms with van der Waals surface area (Å²) in [5, 5.41) is 2.80. The number of fused-ring (bicyclic) bond motifs is 5. The fourth-order valence-electron chi connectivity index (χ4n) is 9.09. The van der Waals surface area contributed by atoms with Gasteiger partial charge in [-0.1, -0.05) is 65.5 Å². The van der Waals surface area contributed by atoms with Crippen molar-refractivity contribution in [1.29, 1.82) is 0 Å². The Balaban J connectivity index is 1.43. The molecular formula is C30H51NO2. The fraction of sp³-hybridized carbons (Fsp3) is 0.900. The lowest BCUT2D eigenvalue weighted by Crippen LogP contribution is -2.51. The number of nitrogens with one attached hydrogen (secondary N) is 1. The van der Waals surface area contributed by atoms with Crippen molar-refractivity contribution in [3.05, 3.63) is 11.6 Å². The molecule has 188 valence electrons. The zero-order chi connectivity index (χ0) is 23.8. The molecule has 0 heterocycles. The highest BCUT2D eigenvalue weighted by Crippen LogP contribution is 2.67. The van der Waals surface area contributed by atoms with Gasteiger partial charge in [-0.3, -0.25) is 0 Å². The number of ether oxygens (including phenoxy) is 1. The van der Waals surface area contributed by atoms with Crippen molar-refractivity contribution < 1.29 is 9.53 Å². The van der Waals surface area contributed by atoms with Crippen molar-refractivity contribution in [2.45, 2.75) is 118 Å². The first-order chi connectivity index (χ1) is 15.7. The molecule has 0 radical (unpaired) electrons. The lowest BCUT2D eigenvalue weighted by molar-refractivity contribution is -0.0581. The summed E-state index contributed by atoms with van der Waals surface area (Å²) in [6.45, 7) is 15.1. The molecule has 0 spiro atoms. The molecule has 3 nitrogen and oxygen atoms in total. The van der Waals surface area contributed by atoms with Crippen LogP contribution < -0.4 is 5.32 Å². The van der Waals surface area contributed by atoms with Crippen LogP contribution in [0.5, 0.6) is 0 Å². The van der Waals surface area contributed by atoms with E-state index < -0.39 is 0 Å². The molecule has 8 atom stereocenters. The van der Waals surface area contributed by atoms with E-state index >= 15 is 0 Å². The fourth-order valence-corrected chi connectivity index (χ4v) is 9.09. The van der Waals surface area contributed by atoms with Gasteiger partial charge in [0.05, 0.1) is 0 Å². The Labute approximate surface area is 203 Å². The highest BCUT2D eigenvalue weighted by Gasteiger charge is 2.59. The second kappa shape index (κ2) is 9.94. The van der Waals surface area contributed by atoms with Crippen molar-refractivity contribution >= 4 is 6.09 Å². The Morgan fingerprint density at radius 3 is 2.61 bits per heavy atom. The van der Waals surface area contributed by atoms with E-state index in [1.807, 2.05) is 6.92 Å². The van der Waals surface area contributed by atoms with Gasteiger partial charge in [-0.15, -0.1) is 0 Å². The van der Waals surface area contributed by atoms with Gasteiger partial charge in [0, 0.05) is 13.0 Å². The molecule has 4 aliphatic rings. The standard InChI is InChI=1S/C30H51NO2/c1-7-31-28(32)33-23-15-17-29(5)22(19-23)11-12-24-26-14-13-25(21(4)10-8-9-20(2)3)30(26,6)18-16-27(24)29/h11,20-21,23-27H,7-10,12-19H2,1-6H3,(H,31,32)/t21-,23?,24?,25+,26?,27?,29-,30+/m0/s1. The molecule has 33 heavy (non-hydrogen) atoms. The van der Waals surface area contributed by atoms with E-state index in [4.69, 9.17) is 4.74 Å². The van der Waals surface area contributed by atoms with Crippen molar-refractivity contribution in [3.8, 4) is 0 Å². The van der Waals surface area contributed by atoms with Crippen molar-refractivity contribution in [2.24, 2.45) is 46.3 Å². The van der Waals surface area contributed by atoms with Crippen LogP contribution in [-0.4, -0.2) is 18.7 Å². The molecule has 4 aliphatic carbocycles. The second-order valence-electron chi connectivity index (χ2n) is 13.1. The number of hydrogen-bond donors (Lipinski definition) is 1. The van der Waals surface area contributed by atoms with Crippen LogP contribution in [-0.2, 0) is 4.74 Å². The van der Waals surface area contributed by atoms with Crippen LogP contribution >= 0.6 is 0 Å². The molecule has 0 bridgehead atoms. The molecule has 0 aliphatic heterocycles. The number of carbonyl (C=O) groups excluding carboxylic acids is 1. The van der Waals surface area contributed by atoms with E-state index in [0.717, 1.165) is 48.3 Å². The number of allylic oxidation sites excluding steroid dienone is 1. The zero-order valence-electron chi connectivity index (χ0n) is 22.4. The molecule has 0 aromatic rings. The van der Waals surface area contributed by atoms with Crippen LogP contribution in [0.1, 0.15) is 112 Å². The minimum atomic E-state index is -0.242. The highest BCUT2D eigenvalue weighted by atomic mass is 16.6. The van der Waals surface area contributed by atoms with E-state index in [1.54, 1.807) is 5.57 Å². The number of alkyl carbamates (subject to hydrolysis) is 1. The maximum atomic E-state index is 12.0. The molecule has 0 aromatic carbocycles. The molecule has 0 aromatic heterocycles. The van der Waals surface area contributed by atoms with Crippen LogP contribution in [0.15, 0.2) is 11.6 Å². The monoisotopic (exact) mass is 457 g/mol. The molecule has 3 heteroatoms. The summed E-state index contributed by atoms with van der Waals surface area (Å²) in [5.41, 5.74) is 2.48. The Morgan fingerprint density at radius 2 is 1.88 bits per heavy atom. The number of amides is 1. The van der Waals surface area contributed by atoms with Gasteiger partial charge in [0.25, 0.3) is 0 Å². The molecule has 3 fully saturated rings. The smallest absolute Gasteiger partial charge is 0.407 e. The number of rotatable bonds is 7. The Hall–Kier alpha value is -0.990. The molecule has 4 rings (SSSR count). The van der Waals surface area contributed by atoms with Gasteiger partial charge in [0.1, 0.15) is 6.10 Å². The minimum Gasteiger partial charge on any atom is -0.446 e. The van der Waals surface area contributed by atoms with Crippen LogP contribution in [0.25, 0.3) is 0 Å². The van der Waals surface area contributed by atoms with Gasteiger partial charge in [0.15, 0.2) is 0 Å². The summed E-state index contributed by atoms with van der Waals surface area (Å²) in [4.78, 5) is 12.0. The Morgan fingerprint density at radius 1 is 1.09 bits per heavy atom. The van der Waals surface area contributed by atoms with Crippen LogP contribution in [0.3, 0.4) is 0 Å². The second-order valence-corrected chi connectivity index (χ2v) is 13.1. The van der Waals surface area contributed by atoms with Crippen LogP contribution in [0, 0.1) is 46.3 Å². The van der Waals surface area contributed by atoms with E-state index in [-0.39, 0.29) is 12.2 Å². The summed E-state index contributed by atoms with van der Waals surface area (Å²) in [6.07, 6.45) is 16.8. The van der Waals surface area contributed by atoms with Gasteiger partial charge in [-0.05, 0) is 98.2 Å². The first kappa shape index (κ1) is 25.1. The highest BCUT2D eigenvalue weighted by molar-refractivity contribution is 5.67. The lowest BCUT2D eigenvalue weighted by Gasteiger charge is -2.58. The molecule has 1 N–H and O–H groups in total. The summed E-state index contributed by atoms with van der Waals surface area (Å²) >= 11 is 0. The first-order valence-electron chi connectivity index (χ1n) is 14.3. The maximum absolute atomic E-state index is 12.0. The van der Waals surface area contributed by atoms with Crippen LogP contribution in [0.2, 0.25) is 0 Å². The largest absolute Gasteiger partial charge is 0.446 e. The SMILES string of the molecule is CCNC(=O)OC1CC[C@@]2(C)C(=CCC3C2CC[C@@]2(C)C3CC[C@@H]2[C@@H](C)CCCC(C)C)C1. The predicted octanol–water partition coefficient (Wildman–Crippen LogP) is 8.14. The Kier molecular flexibility index (Phi) is 7.56. The minimum absolute atomic E-state index is 0.0591. The maximum Gasteiger partial charge on any atom is 0.407 e. The van der Waals surface area contributed by atoms with Gasteiger partial charge in [0.2, 0.25) is 0 Å². The average Bonchev–Trinajstić information content (AvgIpc) is 3.11. The molecule has 1 amide bonds. The van der Waals surface area contributed by atoms with E-state index in [0.29, 0.717) is 17.4 Å². The normalized spacial score (nSPS) is 40.9. The van der Waals surface area contributed by atoms with E-state index in [2.05, 4.69) is 46.0 Å². The third kappa shape index (κ3) is 4.76. The number of hydrogen-bond acceptors (Lipinski definition) is 2. The molecule has 3 saturated carbocycles. The van der Waals surface area contributed by atoms with Crippen LogP contribution in [0.4, 0.5) is 4.79 Å². The van der Waals surface area contributed by atoms with Crippen molar-refractivity contribution in [3.63, 3.8) is 0 Å². The Bertz CT molecular complexity index is 729. The van der Waals surface area contributed by atoms with E-state index in [9.17, 15) is 4.79 Å². The third-order valence-electron chi connectivity index (χ3n) is 10.9. The lowest BCUT2D eigenvalue weighted by atomic mass is 9.47. The van der Waals surface area contributed by atoms with Crippen molar-refractivity contribution in [1.82, 2.24) is 5.32 Å². The quantitative estimate of drug-likeness (QED) is 0.392. The van der Waals surface area contributed by atoms with Gasteiger partial charge >= 0.3 is 6.09 Å². The average molecular weight is 458 g/mol. The third-order valence-corrected chi connectivity index (χ3v) is 10.9. The molecular weight excluding hydrogens is 406 g/mol. The summed E-state index contributed by atoms with van der Waals surface area (Å²) in [5.74, 6) is 5.25. The summed E-state index contributed by atoms with van der Waals surface area (Å²) < 4.78 is 5.74.